The van der Waals surface area contributed by atoms with Gasteiger partial charge in [0.15, 0.2) is 0 Å². The van der Waals surface area contributed by atoms with Gasteiger partial charge in [0.2, 0.25) is 0 Å². The summed E-state index contributed by atoms with van der Waals surface area (Å²) in [7, 11) is 0. The van der Waals surface area contributed by atoms with E-state index >= 15 is 0 Å². The van der Waals surface area contributed by atoms with Gasteiger partial charge in [0, 0.05) is 16.8 Å². The minimum absolute atomic E-state index is 0.464. The molecule has 0 amide bonds. The minimum Gasteiger partial charge on any atom is -0.383 e. The normalized spacial score (nSPS) is 10.7. The summed E-state index contributed by atoms with van der Waals surface area (Å²) in [5, 5.41) is 4.30. The lowest BCUT2D eigenvalue weighted by molar-refractivity contribution is 0.996. The highest BCUT2D eigenvalue weighted by atomic mass is 15.1. The summed E-state index contributed by atoms with van der Waals surface area (Å²) >= 11 is 0. The van der Waals surface area contributed by atoms with Gasteiger partial charge in [-0.25, -0.2) is 9.97 Å². The van der Waals surface area contributed by atoms with Crippen molar-refractivity contribution in [3.8, 4) is 0 Å². The van der Waals surface area contributed by atoms with E-state index in [-0.39, 0.29) is 0 Å². The molecule has 0 radical (unpaired) electrons. The van der Waals surface area contributed by atoms with Crippen molar-refractivity contribution >= 4 is 22.8 Å². The third-order valence-electron chi connectivity index (χ3n) is 2.46. The lowest BCUT2D eigenvalue weighted by Crippen LogP contribution is -1.93. The van der Waals surface area contributed by atoms with Crippen LogP contribution in [-0.4, -0.2) is 16.5 Å². The summed E-state index contributed by atoms with van der Waals surface area (Å²) in [5.74, 6) is 0.476. The maximum atomic E-state index is 8.14. The van der Waals surface area contributed by atoms with Crippen LogP contribution in [0.15, 0.2) is 35.7 Å². The van der Waals surface area contributed by atoms with Crippen molar-refractivity contribution in [1.82, 2.24) is 9.97 Å². The van der Waals surface area contributed by atoms with E-state index in [2.05, 4.69) is 20.0 Å². The molecule has 2 N–H and O–H groups in total. The molecule has 6 nitrogen and oxygen atoms in total. The van der Waals surface area contributed by atoms with Crippen LogP contribution in [0.2, 0.25) is 0 Å². The fourth-order valence-corrected chi connectivity index (χ4v) is 1.59. The van der Waals surface area contributed by atoms with Crippen molar-refractivity contribution in [2.45, 2.75) is 6.42 Å². The molecular weight excluding hydrogens is 228 g/mol. The van der Waals surface area contributed by atoms with E-state index in [9.17, 15) is 0 Å². The number of hydrogen-bond acceptors (Lipinski definition) is 4. The number of rotatable bonds is 4. The summed E-state index contributed by atoms with van der Waals surface area (Å²) in [6.07, 6.45) is 6.07. The quantitative estimate of drug-likeness (QED) is 0.384. The standard InChI is InChI=1S/C12H12N6/c13-12-10-7-9(3-1-2-6-17-18-14)4-5-11(10)15-8-16-12/h1,3-5,7-8H,2,6H2,(H2,13,15,16). The molecule has 0 aliphatic rings. The van der Waals surface area contributed by atoms with Crippen molar-refractivity contribution in [2.75, 3.05) is 12.3 Å². The van der Waals surface area contributed by atoms with Crippen LogP contribution in [0.3, 0.4) is 0 Å². The van der Waals surface area contributed by atoms with Gasteiger partial charge in [0.05, 0.1) is 5.52 Å². The molecule has 0 saturated carbocycles. The first kappa shape index (κ1) is 11.9. The molecule has 6 heteroatoms. The number of anilines is 1. The van der Waals surface area contributed by atoms with Crippen molar-refractivity contribution in [3.05, 3.63) is 46.6 Å². The lowest BCUT2D eigenvalue weighted by atomic mass is 10.1. The summed E-state index contributed by atoms with van der Waals surface area (Å²) in [4.78, 5) is 10.8. The maximum Gasteiger partial charge on any atom is 0.134 e. The maximum absolute atomic E-state index is 8.14. The molecule has 0 saturated heterocycles. The molecule has 0 spiro atoms. The summed E-state index contributed by atoms with van der Waals surface area (Å²) < 4.78 is 0. The van der Waals surface area contributed by atoms with Crippen LogP contribution in [0, 0.1) is 0 Å². The van der Waals surface area contributed by atoms with E-state index in [1.54, 1.807) is 0 Å². The van der Waals surface area contributed by atoms with Crippen LogP contribution in [0.4, 0.5) is 5.82 Å². The Morgan fingerprint density at radius 2 is 2.28 bits per heavy atom. The number of azide groups is 1. The van der Waals surface area contributed by atoms with Crippen molar-refractivity contribution in [3.63, 3.8) is 0 Å². The third kappa shape index (κ3) is 2.75. The van der Waals surface area contributed by atoms with E-state index in [1.807, 2.05) is 30.4 Å². The number of nitrogens with two attached hydrogens (primary N) is 1. The largest absolute Gasteiger partial charge is 0.383 e. The summed E-state index contributed by atoms with van der Waals surface area (Å²) in [6.45, 7) is 0.464. The molecule has 0 aliphatic carbocycles. The van der Waals surface area contributed by atoms with Gasteiger partial charge in [0.1, 0.15) is 12.1 Å². The zero-order chi connectivity index (χ0) is 12.8. The molecule has 18 heavy (non-hydrogen) atoms. The molecule has 1 aromatic heterocycles. The van der Waals surface area contributed by atoms with Crippen LogP contribution in [0.5, 0.6) is 0 Å². The average molecular weight is 240 g/mol. The average Bonchev–Trinajstić information content (AvgIpc) is 2.39. The molecule has 90 valence electrons. The lowest BCUT2D eigenvalue weighted by Gasteiger charge is -2.01. The SMILES string of the molecule is [N-]=[N+]=NCCC=Cc1ccc2ncnc(N)c2c1. The Balaban J connectivity index is 2.19. The fraction of sp³-hybridized carbons (Fsp3) is 0.167. The molecule has 0 bridgehead atoms. The first-order chi connectivity index (χ1) is 8.81. The molecule has 2 aromatic rings. The molecule has 1 aromatic carbocycles. The van der Waals surface area contributed by atoms with E-state index in [0.29, 0.717) is 18.8 Å². The second kappa shape index (κ2) is 5.65. The van der Waals surface area contributed by atoms with E-state index < -0.39 is 0 Å². The van der Waals surface area contributed by atoms with Gasteiger partial charge in [-0.05, 0) is 29.6 Å². The molecule has 2 rings (SSSR count). The van der Waals surface area contributed by atoms with Gasteiger partial charge in [-0.2, -0.15) is 0 Å². The first-order valence-corrected chi connectivity index (χ1v) is 5.49. The zero-order valence-electron chi connectivity index (χ0n) is 9.69. The van der Waals surface area contributed by atoms with Crippen LogP contribution >= 0.6 is 0 Å². The Kier molecular flexibility index (Phi) is 3.73. The van der Waals surface area contributed by atoms with Gasteiger partial charge in [0.25, 0.3) is 0 Å². The predicted molar refractivity (Wildman–Crippen MR) is 71.6 cm³/mol. The highest BCUT2D eigenvalue weighted by molar-refractivity contribution is 5.89. The minimum atomic E-state index is 0.464. The van der Waals surface area contributed by atoms with Crippen LogP contribution in [-0.2, 0) is 0 Å². The van der Waals surface area contributed by atoms with E-state index in [4.69, 9.17) is 11.3 Å². The van der Waals surface area contributed by atoms with Crippen LogP contribution in [0.1, 0.15) is 12.0 Å². The highest BCUT2D eigenvalue weighted by Crippen LogP contribution is 2.18. The van der Waals surface area contributed by atoms with Crippen LogP contribution < -0.4 is 5.73 Å². The Morgan fingerprint density at radius 1 is 1.39 bits per heavy atom. The first-order valence-electron chi connectivity index (χ1n) is 5.49. The second-order valence-electron chi connectivity index (χ2n) is 3.68. The molecule has 0 fully saturated rings. The van der Waals surface area contributed by atoms with E-state index in [0.717, 1.165) is 16.5 Å². The number of nitrogen functional groups attached to an aromatic ring is 1. The number of aromatic nitrogens is 2. The smallest absolute Gasteiger partial charge is 0.134 e. The Labute approximate surface area is 104 Å². The number of nitrogens with zero attached hydrogens (tertiary/aromatic N) is 5. The van der Waals surface area contributed by atoms with Gasteiger partial charge in [-0.3, -0.25) is 0 Å². The van der Waals surface area contributed by atoms with Gasteiger partial charge >= 0.3 is 0 Å². The van der Waals surface area contributed by atoms with Crippen molar-refractivity contribution in [2.24, 2.45) is 5.11 Å². The van der Waals surface area contributed by atoms with Gasteiger partial charge in [-0.15, -0.1) is 0 Å². The number of hydrogen-bond donors (Lipinski definition) is 1. The Hall–Kier alpha value is -2.59. The molecular formula is C12H12N6. The highest BCUT2D eigenvalue weighted by Gasteiger charge is 1.99. The zero-order valence-corrected chi connectivity index (χ0v) is 9.69. The predicted octanol–water partition coefficient (Wildman–Crippen LogP) is 2.93. The van der Waals surface area contributed by atoms with Gasteiger partial charge in [-0.1, -0.05) is 23.3 Å². The molecule has 0 unspecified atom stereocenters. The Bertz CT molecular complexity index is 628. The monoisotopic (exact) mass is 240 g/mol. The van der Waals surface area contributed by atoms with Crippen molar-refractivity contribution in [1.29, 1.82) is 0 Å². The summed E-state index contributed by atoms with van der Waals surface area (Å²) in [5.41, 5.74) is 15.8. The summed E-state index contributed by atoms with van der Waals surface area (Å²) in [6, 6.07) is 5.80. The second-order valence-corrected chi connectivity index (χ2v) is 3.68. The molecule has 1 heterocycles. The third-order valence-corrected chi connectivity index (χ3v) is 2.46. The fourth-order valence-electron chi connectivity index (χ4n) is 1.59. The molecule has 0 aliphatic heterocycles. The van der Waals surface area contributed by atoms with E-state index in [1.165, 1.54) is 6.33 Å². The number of benzene rings is 1. The molecule has 0 atom stereocenters. The van der Waals surface area contributed by atoms with Crippen molar-refractivity contribution < 1.29 is 0 Å². The number of fused-ring (bicyclic) bond motifs is 1. The Morgan fingerprint density at radius 3 is 3.11 bits per heavy atom. The van der Waals surface area contributed by atoms with Crippen LogP contribution in [0.25, 0.3) is 27.4 Å². The van der Waals surface area contributed by atoms with Gasteiger partial charge < -0.3 is 5.73 Å². The topological polar surface area (TPSA) is 101 Å².